The molecule has 1 aliphatic heterocycles. The van der Waals surface area contributed by atoms with Crippen molar-refractivity contribution in [3.63, 3.8) is 0 Å². The summed E-state index contributed by atoms with van der Waals surface area (Å²) in [6, 6.07) is 17.9. The summed E-state index contributed by atoms with van der Waals surface area (Å²) in [5, 5.41) is 6.35. The van der Waals surface area contributed by atoms with Crippen molar-refractivity contribution in [1.29, 1.82) is 0 Å². The minimum atomic E-state index is -0.482. The van der Waals surface area contributed by atoms with E-state index in [9.17, 15) is 9.59 Å². The van der Waals surface area contributed by atoms with E-state index in [4.69, 9.17) is 0 Å². The molecule has 1 saturated carbocycles. The molecule has 6 nitrogen and oxygen atoms in total. The van der Waals surface area contributed by atoms with E-state index in [1.54, 1.807) is 16.1 Å². The average Bonchev–Trinajstić information content (AvgIpc) is 3.47. The number of carbonyl (C=O) groups is 2. The molecule has 8 heteroatoms. The van der Waals surface area contributed by atoms with Crippen molar-refractivity contribution >= 4 is 46.9 Å². The number of thioether (sulfide) groups is 1. The monoisotopic (exact) mass is 526 g/mol. The van der Waals surface area contributed by atoms with Crippen molar-refractivity contribution in [3.8, 4) is 0 Å². The van der Waals surface area contributed by atoms with Crippen LogP contribution in [0.1, 0.15) is 44.1 Å². The van der Waals surface area contributed by atoms with Gasteiger partial charge in [-0.25, -0.2) is 0 Å². The quantitative estimate of drug-likeness (QED) is 0.416. The van der Waals surface area contributed by atoms with E-state index < -0.39 is 6.04 Å². The fourth-order valence-electron chi connectivity index (χ4n) is 5.01. The third kappa shape index (κ3) is 7.20. The number of hydrogen-bond acceptors (Lipinski definition) is 6. The topological polar surface area (TPSA) is 64.7 Å². The van der Waals surface area contributed by atoms with Crippen LogP contribution in [0.3, 0.4) is 0 Å². The molecule has 0 aromatic heterocycles. The lowest BCUT2D eigenvalue weighted by Gasteiger charge is -2.30. The van der Waals surface area contributed by atoms with Crippen LogP contribution in [0, 0.1) is 5.92 Å². The summed E-state index contributed by atoms with van der Waals surface area (Å²) in [4.78, 5) is 28.8. The van der Waals surface area contributed by atoms with E-state index in [1.165, 1.54) is 31.2 Å². The van der Waals surface area contributed by atoms with Gasteiger partial charge in [-0.15, -0.1) is 11.8 Å². The molecule has 2 aromatic carbocycles. The summed E-state index contributed by atoms with van der Waals surface area (Å²) in [7, 11) is 2.05. The third-order valence-corrected chi connectivity index (χ3v) is 8.89. The minimum Gasteiger partial charge on any atom is -0.345 e. The molecular formula is C28H38N4O2S2. The van der Waals surface area contributed by atoms with Crippen molar-refractivity contribution in [2.75, 3.05) is 29.8 Å². The second-order valence-corrected chi connectivity index (χ2v) is 11.5. The van der Waals surface area contributed by atoms with Gasteiger partial charge in [-0.2, -0.15) is 0 Å². The van der Waals surface area contributed by atoms with E-state index in [-0.39, 0.29) is 17.9 Å². The second-order valence-electron chi connectivity index (χ2n) is 9.69. The summed E-state index contributed by atoms with van der Waals surface area (Å²) in [6.07, 6.45) is 8.66. The Kier molecular flexibility index (Phi) is 10.0. The Balaban J connectivity index is 1.43. The van der Waals surface area contributed by atoms with Crippen LogP contribution in [-0.2, 0) is 16.1 Å². The normalized spacial score (nSPS) is 19.0. The third-order valence-electron chi connectivity index (χ3n) is 7.20. The van der Waals surface area contributed by atoms with Crippen molar-refractivity contribution in [2.24, 2.45) is 5.92 Å². The number of benzene rings is 2. The van der Waals surface area contributed by atoms with E-state index in [0.29, 0.717) is 12.5 Å². The summed E-state index contributed by atoms with van der Waals surface area (Å²) < 4.78 is 1.81. The Bertz CT molecular complexity index is 977. The minimum absolute atomic E-state index is 0.00227. The maximum absolute atomic E-state index is 13.7. The number of para-hydroxylation sites is 1. The van der Waals surface area contributed by atoms with Gasteiger partial charge in [0.25, 0.3) is 5.91 Å². The molecule has 2 atom stereocenters. The van der Waals surface area contributed by atoms with E-state index in [2.05, 4.69) is 59.0 Å². The standard InChI is InChI=1S/C28H38N4O2S2/c1-31(23-11-7-4-8-12-23)24-15-13-22(14-16-24)18-32(35-2)28(34)25(17-21-9-5-3-6-10-21)30-27(33)26-19-36-20-29-26/h4,7-8,11-16,21,25-26,29H,3,5-6,9-10,17-20H2,1-2H3,(H,30,33)/t25-,26+/m1/s1. The molecule has 2 amide bonds. The Morgan fingerprint density at radius 1 is 1.06 bits per heavy atom. The number of amides is 2. The van der Waals surface area contributed by atoms with E-state index in [0.717, 1.165) is 47.8 Å². The van der Waals surface area contributed by atoms with Gasteiger partial charge in [-0.05, 0) is 42.2 Å². The Morgan fingerprint density at radius 3 is 2.39 bits per heavy atom. The van der Waals surface area contributed by atoms with Crippen LogP contribution in [0.4, 0.5) is 11.4 Å². The Morgan fingerprint density at radius 2 is 1.75 bits per heavy atom. The smallest absolute Gasteiger partial charge is 0.255 e. The molecule has 4 rings (SSSR count). The van der Waals surface area contributed by atoms with Crippen LogP contribution in [0.15, 0.2) is 54.6 Å². The highest BCUT2D eigenvalue weighted by Crippen LogP contribution is 2.29. The van der Waals surface area contributed by atoms with Gasteiger partial charge in [0.15, 0.2) is 0 Å². The summed E-state index contributed by atoms with van der Waals surface area (Å²) in [5.74, 6) is 1.98. The van der Waals surface area contributed by atoms with Crippen LogP contribution < -0.4 is 15.5 Å². The van der Waals surface area contributed by atoms with E-state index in [1.807, 2.05) is 24.5 Å². The predicted octanol–water partition coefficient (Wildman–Crippen LogP) is 5.18. The highest BCUT2D eigenvalue weighted by atomic mass is 32.2. The molecule has 1 aliphatic carbocycles. The molecule has 2 N–H and O–H groups in total. The maximum atomic E-state index is 13.7. The molecule has 2 aliphatic rings. The molecule has 194 valence electrons. The summed E-state index contributed by atoms with van der Waals surface area (Å²) in [6.45, 7) is 0.504. The van der Waals surface area contributed by atoms with Crippen LogP contribution in [-0.4, -0.2) is 53.1 Å². The van der Waals surface area contributed by atoms with E-state index >= 15 is 0 Å². The fourth-order valence-corrected chi connectivity index (χ4v) is 6.54. The van der Waals surface area contributed by atoms with Crippen molar-refractivity contribution in [3.05, 3.63) is 60.2 Å². The first-order valence-electron chi connectivity index (χ1n) is 12.9. The molecule has 36 heavy (non-hydrogen) atoms. The first-order chi connectivity index (χ1) is 17.5. The number of hydrogen-bond donors (Lipinski definition) is 2. The van der Waals surface area contributed by atoms with Crippen LogP contribution >= 0.6 is 23.7 Å². The number of anilines is 2. The second kappa shape index (κ2) is 13.4. The fraction of sp³-hybridized carbons (Fsp3) is 0.500. The lowest BCUT2D eigenvalue weighted by molar-refractivity contribution is -0.133. The zero-order valence-electron chi connectivity index (χ0n) is 21.3. The summed E-state index contributed by atoms with van der Waals surface area (Å²) >= 11 is 3.15. The summed E-state index contributed by atoms with van der Waals surface area (Å²) in [5.41, 5.74) is 3.29. The first kappa shape index (κ1) is 26.9. The van der Waals surface area contributed by atoms with Gasteiger partial charge in [0.05, 0.1) is 12.6 Å². The molecule has 0 radical (unpaired) electrons. The number of nitrogens with one attached hydrogen (secondary N) is 2. The van der Waals surface area contributed by atoms with Gasteiger partial charge in [0, 0.05) is 36.3 Å². The molecule has 0 bridgehead atoms. The lowest BCUT2D eigenvalue weighted by atomic mass is 9.84. The zero-order chi connectivity index (χ0) is 25.3. The van der Waals surface area contributed by atoms with Gasteiger partial charge < -0.3 is 10.2 Å². The molecule has 0 unspecified atom stereocenters. The van der Waals surface area contributed by atoms with Crippen LogP contribution in [0.5, 0.6) is 0 Å². The van der Waals surface area contributed by atoms with Gasteiger partial charge in [0.1, 0.15) is 6.04 Å². The lowest BCUT2D eigenvalue weighted by Crippen LogP contribution is -2.52. The van der Waals surface area contributed by atoms with Crippen LogP contribution in [0.2, 0.25) is 0 Å². The van der Waals surface area contributed by atoms with Crippen LogP contribution in [0.25, 0.3) is 0 Å². The number of nitrogens with zero attached hydrogens (tertiary/aromatic N) is 2. The maximum Gasteiger partial charge on any atom is 0.255 e. The Labute approximate surface area is 224 Å². The van der Waals surface area contributed by atoms with Crippen molar-refractivity contribution in [1.82, 2.24) is 14.9 Å². The molecule has 2 fully saturated rings. The largest absolute Gasteiger partial charge is 0.345 e. The first-order valence-corrected chi connectivity index (χ1v) is 15.2. The number of carbonyl (C=O) groups excluding carboxylic acids is 2. The van der Waals surface area contributed by atoms with Crippen molar-refractivity contribution in [2.45, 2.75) is 57.2 Å². The predicted molar refractivity (Wildman–Crippen MR) is 152 cm³/mol. The van der Waals surface area contributed by atoms with Gasteiger partial charge >= 0.3 is 0 Å². The Hall–Kier alpha value is -2.16. The number of rotatable bonds is 10. The molecule has 1 heterocycles. The highest BCUT2D eigenvalue weighted by molar-refractivity contribution is 7.99. The van der Waals surface area contributed by atoms with Gasteiger partial charge in [0.2, 0.25) is 5.91 Å². The molecule has 2 aromatic rings. The SMILES string of the molecule is CSN(Cc1ccc(N(C)c2ccccc2)cc1)C(=O)[C@@H](CC1CCCCC1)NC(=O)[C@@H]1CSCN1. The molecular weight excluding hydrogens is 488 g/mol. The zero-order valence-corrected chi connectivity index (χ0v) is 23.0. The van der Waals surface area contributed by atoms with Crippen molar-refractivity contribution < 1.29 is 9.59 Å². The molecule has 0 spiro atoms. The van der Waals surface area contributed by atoms with Gasteiger partial charge in [-0.1, -0.05) is 74.4 Å². The average molecular weight is 527 g/mol. The van der Waals surface area contributed by atoms with Gasteiger partial charge in [-0.3, -0.25) is 19.2 Å². The highest BCUT2D eigenvalue weighted by Gasteiger charge is 2.32. The molecule has 1 saturated heterocycles.